The maximum absolute atomic E-state index is 6.14. The quantitative estimate of drug-likeness (QED) is 0.874. The van der Waals surface area contributed by atoms with Gasteiger partial charge in [-0.15, -0.1) is 0 Å². The average molecular weight is 290 g/mol. The zero-order valence-electron chi connectivity index (χ0n) is 13.8. The molecular formula is C18H30N2O. The topological polar surface area (TPSA) is 38.5 Å². The van der Waals surface area contributed by atoms with E-state index in [2.05, 4.69) is 37.1 Å². The third-order valence-electron chi connectivity index (χ3n) is 4.45. The third-order valence-corrected chi connectivity index (χ3v) is 4.45. The molecule has 1 saturated heterocycles. The first-order chi connectivity index (χ1) is 10.1. The molecule has 1 aliphatic rings. The number of benzene rings is 1. The van der Waals surface area contributed by atoms with E-state index >= 15 is 0 Å². The normalized spacial score (nSPS) is 21.2. The Hall–Kier alpha value is -1.06. The van der Waals surface area contributed by atoms with Gasteiger partial charge in [0.15, 0.2) is 0 Å². The molecule has 3 nitrogen and oxygen atoms in total. The molecule has 1 fully saturated rings. The molecule has 21 heavy (non-hydrogen) atoms. The molecule has 2 atom stereocenters. The number of aryl methyl sites for hydroxylation is 1. The Labute approximate surface area is 129 Å². The van der Waals surface area contributed by atoms with Crippen molar-refractivity contribution in [2.45, 2.75) is 58.0 Å². The van der Waals surface area contributed by atoms with Gasteiger partial charge >= 0.3 is 0 Å². The van der Waals surface area contributed by atoms with Crippen molar-refractivity contribution in [2.75, 3.05) is 20.2 Å². The zero-order chi connectivity index (χ0) is 15.2. The summed E-state index contributed by atoms with van der Waals surface area (Å²) in [7, 11) is 2.24. The molecule has 0 bridgehead atoms. The second-order valence-corrected chi connectivity index (χ2v) is 6.51. The van der Waals surface area contributed by atoms with Crippen molar-refractivity contribution in [1.29, 1.82) is 0 Å². The van der Waals surface area contributed by atoms with Gasteiger partial charge in [-0.2, -0.15) is 0 Å². The number of para-hydroxylation sites is 1. The molecule has 0 saturated carbocycles. The van der Waals surface area contributed by atoms with Crippen molar-refractivity contribution in [3.63, 3.8) is 0 Å². The van der Waals surface area contributed by atoms with Gasteiger partial charge in [0.2, 0.25) is 0 Å². The smallest absolute Gasteiger partial charge is 0.125 e. The lowest BCUT2D eigenvalue weighted by atomic mass is 10.0. The summed E-state index contributed by atoms with van der Waals surface area (Å²) in [5, 5.41) is 0. The molecule has 2 N–H and O–H groups in total. The first kappa shape index (κ1) is 16.3. The van der Waals surface area contributed by atoms with Crippen molar-refractivity contribution >= 4 is 0 Å². The largest absolute Gasteiger partial charge is 0.493 e. The number of piperidine rings is 1. The Bertz CT molecular complexity index is 445. The number of rotatable bonds is 6. The number of hydrogen-bond acceptors (Lipinski definition) is 3. The second-order valence-electron chi connectivity index (χ2n) is 6.51. The van der Waals surface area contributed by atoms with Crippen molar-refractivity contribution < 1.29 is 4.74 Å². The van der Waals surface area contributed by atoms with Crippen LogP contribution in [0.3, 0.4) is 0 Å². The highest BCUT2D eigenvalue weighted by atomic mass is 16.5. The summed E-state index contributed by atoms with van der Waals surface area (Å²) in [6, 6.07) is 7.19. The molecule has 3 heteroatoms. The Morgan fingerprint density at radius 1 is 1.38 bits per heavy atom. The Kier molecular flexibility index (Phi) is 6.07. The van der Waals surface area contributed by atoms with Crippen molar-refractivity contribution in [3.8, 4) is 5.75 Å². The van der Waals surface area contributed by atoms with Gasteiger partial charge in [0.25, 0.3) is 0 Å². The molecule has 0 aromatic heterocycles. The molecule has 2 rings (SSSR count). The number of ether oxygens (including phenoxy) is 1. The third kappa shape index (κ3) is 4.72. The first-order valence-corrected chi connectivity index (χ1v) is 8.25. The minimum Gasteiger partial charge on any atom is -0.493 e. The van der Waals surface area contributed by atoms with E-state index in [0.717, 1.165) is 25.2 Å². The van der Waals surface area contributed by atoms with Crippen LogP contribution in [0.1, 0.15) is 43.7 Å². The molecule has 2 unspecified atom stereocenters. The first-order valence-electron chi connectivity index (χ1n) is 8.25. The SMILES string of the molecule is Cc1cccc(CC(C)N)c1OCCC1CCCCN1C. The minimum absolute atomic E-state index is 0.165. The van der Waals surface area contributed by atoms with Crippen LogP contribution < -0.4 is 10.5 Å². The molecule has 0 aliphatic carbocycles. The standard InChI is InChI=1S/C18H30N2O/c1-14-7-6-8-16(13-15(2)19)18(14)21-12-10-17-9-4-5-11-20(17)3/h6-8,15,17H,4-5,9-13,19H2,1-3H3. The molecule has 0 amide bonds. The van der Waals surface area contributed by atoms with E-state index in [9.17, 15) is 0 Å². The van der Waals surface area contributed by atoms with E-state index in [0.29, 0.717) is 6.04 Å². The second kappa shape index (κ2) is 7.81. The summed E-state index contributed by atoms with van der Waals surface area (Å²) in [4.78, 5) is 2.48. The summed E-state index contributed by atoms with van der Waals surface area (Å²) in [6.45, 7) is 6.19. The van der Waals surface area contributed by atoms with Gasteiger partial charge in [0.1, 0.15) is 5.75 Å². The summed E-state index contributed by atoms with van der Waals surface area (Å²) in [6.07, 6.45) is 5.99. The van der Waals surface area contributed by atoms with Gasteiger partial charge in [-0.25, -0.2) is 0 Å². The summed E-state index contributed by atoms with van der Waals surface area (Å²) in [5.74, 6) is 1.05. The Balaban J connectivity index is 1.93. The lowest BCUT2D eigenvalue weighted by molar-refractivity contribution is 0.152. The Morgan fingerprint density at radius 2 is 2.19 bits per heavy atom. The summed E-state index contributed by atoms with van der Waals surface area (Å²) >= 11 is 0. The van der Waals surface area contributed by atoms with E-state index in [1.54, 1.807) is 0 Å². The van der Waals surface area contributed by atoms with Crippen LogP contribution in [0.4, 0.5) is 0 Å². The van der Waals surface area contributed by atoms with E-state index < -0.39 is 0 Å². The van der Waals surface area contributed by atoms with Crippen LogP contribution in [0.5, 0.6) is 5.75 Å². The average Bonchev–Trinajstić information content (AvgIpc) is 2.43. The maximum Gasteiger partial charge on any atom is 0.125 e. The molecule has 0 spiro atoms. The fourth-order valence-electron chi connectivity index (χ4n) is 3.23. The van der Waals surface area contributed by atoms with Crippen LogP contribution in [0.15, 0.2) is 18.2 Å². The van der Waals surface area contributed by atoms with Crippen LogP contribution >= 0.6 is 0 Å². The van der Waals surface area contributed by atoms with E-state index in [4.69, 9.17) is 10.5 Å². The predicted molar refractivity (Wildman–Crippen MR) is 88.9 cm³/mol. The maximum atomic E-state index is 6.14. The van der Waals surface area contributed by atoms with Gasteiger partial charge in [0, 0.05) is 12.1 Å². The number of likely N-dealkylation sites (tertiary alicyclic amines) is 1. The van der Waals surface area contributed by atoms with E-state index in [-0.39, 0.29) is 6.04 Å². The Morgan fingerprint density at radius 3 is 2.90 bits per heavy atom. The molecule has 1 aromatic rings. The van der Waals surface area contributed by atoms with Crippen molar-refractivity contribution in [2.24, 2.45) is 5.73 Å². The van der Waals surface area contributed by atoms with Crippen molar-refractivity contribution in [1.82, 2.24) is 4.90 Å². The zero-order valence-corrected chi connectivity index (χ0v) is 13.8. The highest BCUT2D eigenvalue weighted by Gasteiger charge is 2.19. The van der Waals surface area contributed by atoms with Crippen LogP contribution in [0.2, 0.25) is 0 Å². The van der Waals surface area contributed by atoms with Crippen LogP contribution in [0.25, 0.3) is 0 Å². The summed E-state index contributed by atoms with van der Waals surface area (Å²) < 4.78 is 6.14. The van der Waals surface area contributed by atoms with Gasteiger partial charge in [0.05, 0.1) is 6.61 Å². The monoisotopic (exact) mass is 290 g/mol. The van der Waals surface area contributed by atoms with Gasteiger partial charge < -0.3 is 15.4 Å². The molecule has 1 aromatic carbocycles. The molecule has 0 radical (unpaired) electrons. The van der Waals surface area contributed by atoms with Crippen LogP contribution in [0, 0.1) is 6.92 Å². The van der Waals surface area contributed by atoms with Gasteiger partial charge in [-0.1, -0.05) is 24.6 Å². The van der Waals surface area contributed by atoms with Crippen molar-refractivity contribution in [3.05, 3.63) is 29.3 Å². The number of nitrogens with zero attached hydrogens (tertiary/aromatic N) is 1. The van der Waals surface area contributed by atoms with Gasteiger partial charge in [-0.3, -0.25) is 0 Å². The van der Waals surface area contributed by atoms with E-state index in [1.807, 2.05) is 6.92 Å². The molecule has 1 aliphatic heterocycles. The lowest BCUT2D eigenvalue weighted by Crippen LogP contribution is -2.37. The highest BCUT2D eigenvalue weighted by Crippen LogP contribution is 2.25. The molecule has 1 heterocycles. The van der Waals surface area contributed by atoms with E-state index in [1.165, 1.54) is 36.9 Å². The van der Waals surface area contributed by atoms with Crippen LogP contribution in [-0.2, 0) is 6.42 Å². The number of nitrogens with two attached hydrogens (primary N) is 1. The minimum atomic E-state index is 0.165. The van der Waals surface area contributed by atoms with Crippen LogP contribution in [-0.4, -0.2) is 37.2 Å². The fraction of sp³-hybridized carbons (Fsp3) is 0.667. The number of hydrogen-bond donors (Lipinski definition) is 1. The highest BCUT2D eigenvalue weighted by molar-refractivity contribution is 5.41. The molecule has 118 valence electrons. The lowest BCUT2D eigenvalue weighted by Gasteiger charge is -2.32. The predicted octanol–water partition coefficient (Wildman–Crippen LogP) is 3.14. The fourth-order valence-corrected chi connectivity index (χ4v) is 3.23. The van der Waals surface area contributed by atoms with Gasteiger partial charge in [-0.05, 0) is 64.3 Å². The summed E-state index contributed by atoms with van der Waals surface area (Å²) in [5.41, 5.74) is 8.40. The molecular weight excluding hydrogens is 260 g/mol.